The molecular formula is C10H16OS. The van der Waals surface area contributed by atoms with E-state index in [1.165, 1.54) is 5.56 Å². The second-order valence-corrected chi connectivity index (χ2v) is 4.35. The molecule has 1 atom stereocenters. The van der Waals surface area contributed by atoms with E-state index < -0.39 is 0 Å². The second kappa shape index (κ2) is 4.63. The summed E-state index contributed by atoms with van der Waals surface area (Å²) in [5.41, 5.74) is 1.29. The van der Waals surface area contributed by atoms with Gasteiger partial charge in [0, 0.05) is 12.5 Å². The van der Waals surface area contributed by atoms with Gasteiger partial charge >= 0.3 is 0 Å². The van der Waals surface area contributed by atoms with Crippen molar-refractivity contribution in [2.24, 2.45) is 5.92 Å². The topological polar surface area (TPSA) is 20.2 Å². The van der Waals surface area contributed by atoms with Crippen LogP contribution in [0.15, 0.2) is 16.8 Å². The first-order valence-corrected chi connectivity index (χ1v) is 5.31. The molecule has 0 radical (unpaired) electrons. The SMILES string of the molecule is CC(C)C[C@H](CO)c1ccsc1. The fraction of sp³-hybridized carbons (Fsp3) is 0.600. The maximum absolute atomic E-state index is 9.15. The molecule has 1 heterocycles. The van der Waals surface area contributed by atoms with E-state index in [9.17, 15) is 0 Å². The van der Waals surface area contributed by atoms with Gasteiger partial charge in [0.1, 0.15) is 0 Å². The molecule has 2 heteroatoms. The van der Waals surface area contributed by atoms with Gasteiger partial charge < -0.3 is 5.11 Å². The van der Waals surface area contributed by atoms with Crippen molar-refractivity contribution in [2.75, 3.05) is 6.61 Å². The molecule has 0 amide bonds. The highest BCUT2D eigenvalue weighted by molar-refractivity contribution is 7.07. The third-order valence-corrected chi connectivity index (χ3v) is 2.69. The zero-order valence-electron chi connectivity index (χ0n) is 7.66. The van der Waals surface area contributed by atoms with E-state index in [1.54, 1.807) is 11.3 Å². The van der Waals surface area contributed by atoms with Crippen molar-refractivity contribution in [3.8, 4) is 0 Å². The van der Waals surface area contributed by atoms with E-state index in [-0.39, 0.29) is 6.61 Å². The molecule has 0 fully saturated rings. The van der Waals surface area contributed by atoms with Crippen LogP contribution in [0.25, 0.3) is 0 Å². The Bertz CT molecular complexity index is 204. The first-order chi connectivity index (χ1) is 5.74. The smallest absolute Gasteiger partial charge is 0.0500 e. The molecule has 0 bridgehead atoms. The third kappa shape index (κ3) is 2.61. The van der Waals surface area contributed by atoms with Gasteiger partial charge in [-0.3, -0.25) is 0 Å². The summed E-state index contributed by atoms with van der Waals surface area (Å²) in [5.74, 6) is 0.998. The number of aliphatic hydroxyl groups excluding tert-OH is 1. The fourth-order valence-electron chi connectivity index (χ4n) is 1.39. The van der Waals surface area contributed by atoms with Gasteiger partial charge in [-0.15, -0.1) is 0 Å². The molecule has 0 unspecified atom stereocenters. The van der Waals surface area contributed by atoms with E-state index in [0.717, 1.165) is 6.42 Å². The van der Waals surface area contributed by atoms with E-state index in [1.807, 2.05) is 0 Å². The Hall–Kier alpha value is -0.340. The maximum Gasteiger partial charge on any atom is 0.0500 e. The molecule has 0 aliphatic rings. The molecule has 0 aliphatic carbocycles. The Morgan fingerprint density at radius 2 is 2.25 bits per heavy atom. The van der Waals surface area contributed by atoms with Crippen molar-refractivity contribution >= 4 is 11.3 Å². The fourth-order valence-corrected chi connectivity index (χ4v) is 2.13. The van der Waals surface area contributed by atoms with Crippen LogP contribution in [-0.4, -0.2) is 11.7 Å². The van der Waals surface area contributed by atoms with E-state index in [4.69, 9.17) is 5.11 Å². The Kier molecular flexibility index (Phi) is 3.76. The van der Waals surface area contributed by atoms with Crippen LogP contribution in [0, 0.1) is 5.92 Å². The van der Waals surface area contributed by atoms with Crippen LogP contribution in [0.4, 0.5) is 0 Å². The minimum atomic E-state index is 0.273. The van der Waals surface area contributed by atoms with Gasteiger partial charge in [0.05, 0.1) is 0 Å². The van der Waals surface area contributed by atoms with Crippen LogP contribution in [0.3, 0.4) is 0 Å². The highest BCUT2D eigenvalue weighted by Gasteiger charge is 2.11. The lowest BCUT2D eigenvalue weighted by Crippen LogP contribution is -2.06. The summed E-state index contributed by atoms with van der Waals surface area (Å²) >= 11 is 1.70. The summed E-state index contributed by atoms with van der Waals surface area (Å²) < 4.78 is 0. The monoisotopic (exact) mass is 184 g/mol. The molecule has 0 saturated carbocycles. The van der Waals surface area contributed by atoms with Gasteiger partial charge in [-0.25, -0.2) is 0 Å². The lowest BCUT2D eigenvalue weighted by molar-refractivity contribution is 0.249. The normalized spacial score (nSPS) is 13.7. The molecule has 12 heavy (non-hydrogen) atoms. The molecule has 0 spiro atoms. The summed E-state index contributed by atoms with van der Waals surface area (Å²) in [4.78, 5) is 0. The van der Waals surface area contributed by atoms with Gasteiger partial charge in [-0.05, 0) is 34.7 Å². The molecule has 1 N–H and O–H groups in total. The Morgan fingerprint density at radius 1 is 1.50 bits per heavy atom. The van der Waals surface area contributed by atoms with Crippen LogP contribution in [0.2, 0.25) is 0 Å². The van der Waals surface area contributed by atoms with Crippen molar-refractivity contribution in [3.05, 3.63) is 22.4 Å². The van der Waals surface area contributed by atoms with Gasteiger partial charge in [-0.1, -0.05) is 13.8 Å². The quantitative estimate of drug-likeness (QED) is 0.763. The lowest BCUT2D eigenvalue weighted by Gasteiger charge is -2.14. The first-order valence-electron chi connectivity index (χ1n) is 4.37. The van der Waals surface area contributed by atoms with Crippen molar-refractivity contribution in [3.63, 3.8) is 0 Å². The van der Waals surface area contributed by atoms with Gasteiger partial charge in [0.25, 0.3) is 0 Å². The Morgan fingerprint density at radius 3 is 2.67 bits per heavy atom. The summed E-state index contributed by atoms with van der Waals surface area (Å²) in [6, 6.07) is 2.11. The number of rotatable bonds is 4. The third-order valence-electron chi connectivity index (χ3n) is 1.99. The summed E-state index contributed by atoms with van der Waals surface area (Å²) in [6.45, 7) is 4.65. The van der Waals surface area contributed by atoms with Gasteiger partial charge in [-0.2, -0.15) is 11.3 Å². The number of hydrogen-bond acceptors (Lipinski definition) is 2. The largest absolute Gasteiger partial charge is 0.396 e. The highest BCUT2D eigenvalue weighted by Crippen LogP contribution is 2.24. The number of aliphatic hydroxyl groups is 1. The molecule has 0 saturated heterocycles. The standard InChI is InChI=1S/C10H16OS/c1-8(2)5-10(6-11)9-3-4-12-7-9/h3-4,7-8,10-11H,5-6H2,1-2H3/t10-/m1/s1. The molecule has 1 aromatic rings. The van der Waals surface area contributed by atoms with Crippen molar-refractivity contribution in [2.45, 2.75) is 26.2 Å². The summed E-state index contributed by atoms with van der Waals surface area (Å²) in [5, 5.41) is 13.3. The molecule has 1 rings (SSSR count). The van der Waals surface area contributed by atoms with Crippen LogP contribution in [0.5, 0.6) is 0 Å². The van der Waals surface area contributed by atoms with Crippen molar-refractivity contribution in [1.82, 2.24) is 0 Å². The molecule has 0 aromatic carbocycles. The zero-order valence-corrected chi connectivity index (χ0v) is 8.47. The first kappa shape index (κ1) is 9.75. The van der Waals surface area contributed by atoms with Crippen LogP contribution in [-0.2, 0) is 0 Å². The molecule has 1 nitrogen and oxygen atoms in total. The summed E-state index contributed by atoms with van der Waals surface area (Å²) in [7, 11) is 0. The molecule has 1 aromatic heterocycles. The predicted octanol–water partition coefficient (Wildman–Crippen LogP) is 2.87. The Labute approximate surface area is 78.1 Å². The predicted molar refractivity (Wildman–Crippen MR) is 53.6 cm³/mol. The molecule has 0 aliphatic heterocycles. The van der Waals surface area contributed by atoms with Crippen LogP contribution in [0.1, 0.15) is 31.7 Å². The second-order valence-electron chi connectivity index (χ2n) is 3.57. The number of hydrogen-bond donors (Lipinski definition) is 1. The van der Waals surface area contributed by atoms with E-state index in [2.05, 4.69) is 30.7 Å². The van der Waals surface area contributed by atoms with Crippen LogP contribution < -0.4 is 0 Å². The van der Waals surface area contributed by atoms with E-state index >= 15 is 0 Å². The van der Waals surface area contributed by atoms with E-state index in [0.29, 0.717) is 11.8 Å². The minimum Gasteiger partial charge on any atom is -0.396 e. The average molecular weight is 184 g/mol. The molecular weight excluding hydrogens is 168 g/mol. The molecule has 68 valence electrons. The minimum absolute atomic E-state index is 0.273. The van der Waals surface area contributed by atoms with Crippen LogP contribution >= 0.6 is 11.3 Å². The Balaban J connectivity index is 2.57. The van der Waals surface area contributed by atoms with Gasteiger partial charge in [0.15, 0.2) is 0 Å². The lowest BCUT2D eigenvalue weighted by atomic mass is 9.93. The highest BCUT2D eigenvalue weighted by atomic mass is 32.1. The van der Waals surface area contributed by atoms with Gasteiger partial charge in [0.2, 0.25) is 0 Å². The summed E-state index contributed by atoms with van der Waals surface area (Å²) in [6.07, 6.45) is 1.08. The average Bonchev–Trinajstić information content (AvgIpc) is 2.51. The van der Waals surface area contributed by atoms with Crippen molar-refractivity contribution < 1.29 is 5.11 Å². The number of thiophene rings is 1. The maximum atomic E-state index is 9.15. The zero-order chi connectivity index (χ0) is 8.97. The van der Waals surface area contributed by atoms with Crippen molar-refractivity contribution in [1.29, 1.82) is 0 Å².